The maximum Gasteiger partial charge on any atom is 0.224 e. The third-order valence-electron chi connectivity index (χ3n) is 2.52. The molecule has 0 radical (unpaired) electrons. The van der Waals surface area contributed by atoms with Crippen molar-refractivity contribution in [1.29, 1.82) is 0 Å². The highest BCUT2D eigenvalue weighted by Crippen LogP contribution is 2.10. The van der Waals surface area contributed by atoms with Gasteiger partial charge in [0, 0.05) is 18.7 Å². The number of anilines is 1. The fourth-order valence-electron chi connectivity index (χ4n) is 1.52. The third-order valence-corrected chi connectivity index (χ3v) is 2.52. The summed E-state index contributed by atoms with van der Waals surface area (Å²) in [5.74, 6) is 0.0466. The zero-order valence-electron chi connectivity index (χ0n) is 10.6. The maximum atomic E-state index is 11.6. The van der Waals surface area contributed by atoms with Crippen molar-refractivity contribution in [3.05, 3.63) is 12.4 Å². The number of hydrogen-bond donors (Lipinski definition) is 2. The second-order valence-corrected chi connectivity index (χ2v) is 4.45. The summed E-state index contributed by atoms with van der Waals surface area (Å²) in [7, 11) is 0. The number of nitrogens with one attached hydrogen (secondary N) is 1. The number of carbonyl (C=O) groups excluding carboxylic acids is 1. The molecule has 5 nitrogen and oxygen atoms in total. The van der Waals surface area contributed by atoms with Gasteiger partial charge in [-0.25, -0.2) is 0 Å². The van der Waals surface area contributed by atoms with Crippen molar-refractivity contribution < 1.29 is 4.79 Å². The van der Waals surface area contributed by atoms with E-state index in [9.17, 15) is 4.79 Å². The first-order chi connectivity index (χ1) is 8.13. The Balaban J connectivity index is 2.29. The maximum absolute atomic E-state index is 11.6. The Hall–Kier alpha value is -1.36. The second-order valence-electron chi connectivity index (χ2n) is 4.45. The lowest BCUT2D eigenvalue weighted by molar-refractivity contribution is -0.116. The number of nitrogens with two attached hydrogens (primary N) is 1. The Morgan fingerprint density at radius 3 is 2.82 bits per heavy atom. The quantitative estimate of drug-likeness (QED) is 0.713. The van der Waals surface area contributed by atoms with Gasteiger partial charge in [-0.15, -0.1) is 0 Å². The van der Waals surface area contributed by atoms with Gasteiger partial charge in [-0.3, -0.25) is 9.48 Å². The molecule has 0 fully saturated rings. The highest BCUT2D eigenvalue weighted by atomic mass is 16.1. The summed E-state index contributed by atoms with van der Waals surface area (Å²) in [5.41, 5.74) is 6.15. The predicted molar refractivity (Wildman–Crippen MR) is 68.8 cm³/mol. The Kier molecular flexibility index (Phi) is 5.69. The van der Waals surface area contributed by atoms with E-state index in [2.05, 4.69) is 10.4 Å². The van der Waals surface area contributed by atoms with Crippen LogP contribution in [0.1, 0.15) is 45.6 Å². The summed E-state index contributed by atoms with van der Waals surface area (Å²) >= 11 is 0. The number of unbranched alkanes of at least 4 members (excludes halogenated alkanes) is 2. The van der Waals surface area contributed by atoms with Crippen LogP contribution in [0.5, 0.6) is 0 Å². The first kappa shape index (κ1) is 13.7. The molecule has 5 heteroatoms. The summed E-state index contributed by atoms with van der Waals surface area (Å²) in [6.07, 6.45) is 6.96. The van der Waals surface area contributed by atoms with Crippen molar-refractivity contribution in [1.82, 2.24) is 9.78 Å². The Bertz CT molecular complexity index is 346. The molecule has 0 spiro atoms. The minimum Gasteiger partial charge on any atom is -0.330 e. The van der Waals surface area contributed by atoms with E-state index in [0.717, 1.165) is 24.9 Å². The molecule has 3 N–H and O–H groups in total. The van der Waals surface area contributed by atoms with Gasteiger partial charge in [0.1, 0.15) is 0 Å². The van der Waals surface area contributed by atoms with Crippen molar-refractivity contribution in [2.75, 3.05) is 11.9 Å². The van der Waals surface area contributed by atoms with Crippen LogP contribution in [0.3, 0.4) is 0 Å². The van der Waals surface area contributed by atoms with E-state index in [0.29, 0.717) is 19.0 Å². The molecule has 96 valence electrons. The molecule has 0 aromatic carbocycles. The Morgan fingerprint density at radius 2 is 2.24 bits per heavy atom. The Labute approximate surface area is 102 Å². The lowest BCUT2D eigenvalue weighted by atomic mass is 10.2. The van der Waals surface area contributed by atoms with Gasteiger partial charge in [0.2, 0.25) is 5.91 Å². The molecule has 1 heterocycles. The molecule has 0 saturated carbocycles. The SMILES string of the molecule is CC(C)n1cc(NC(=O)CCCCCN)cn1. The molecule has 17 heavy (non-hydrogen) atoms. The van der Waals surface area contributed by atoms with Crippen molar-refractivity contribution in [3.63, 3.8) is 0 Å². The molecule has 0 unspecified atom stereocenters. The molecule has 0 saturated heterocycles. The average molecular weight is 238 g/mol. The molecular weight excluding hydrogens is 216 g/mol. The third kappa shape index (κ3) is 4.99. The second kappa shape index (κ2) is 7.06. The normalized spacial score (nSPS) is 10.8. The van der Waals surface area contributed by atoms with Crippen LogP contribution >= 0.6 is 0 Å². The fourth-order valence-corrected chi connectivity index (χ4v) is 1.52. The lowest BCUT2D eigenvalue weighted by Gasteiger charge is -2.04. The molecule has 1 aromatic rings. The van der Waals surface area contributed by atoms with Gasteiger partial charge in [-0.05, 0) is 33.2 Å². The van der Waals surface area contributed by atoms with E-state index < -0.39 is 0 Å². The average Bonchev–Trinajstić information content (AvgIpc) is 2.73. The van der Waals surface area contributed by atoms with Crippen LogP contribution in [0.15, 0.2) is 12.4 Å². The van der Waals surface area contributed by atoms with E-state index in [4.69, 9.17) is 5.73 Å². The number of aromatic nitrogens is 2. The van der Waals surface area contributed by atoms with Gasteiger partial charge in [0.05, 0.1) is 11.9 Å². The fraction of sp³-hybridized carbons (Fsp3) is 0.667. The zero-order valence-corrected chi connectivity index (χ0v) is 10.6. The molecule has 1 aromatic heterocycles. The summed E-state index contributed by atoms with van der Waals surface area (Å²) < 4.78 is 1.82. The Morgan fingerprint density at radius 1 is 1.47 bits per heavy atom. The summed E-state index contributed by atoms with van der Waals surface area (Å²) in [5, 5.41) is 7.00. The number of amides is 1. The molecule has 0 aliphatic rings. The van der Waals surface area contributed by atoms with E-state index in [-0.39, 0.29) is 5.91 Å². The monoisotopic (exact) mass is 238 g/mol. The van der Waals surface area contributed by atoms with Crippen molar-refractivity contribution >= 4 is 11.6 Å². The number of carbonyl (C=O) groups is 1. The zero-order chi connectivity index (χ0) is 12.7. The lowest BCUT2D eigenvalue weighted by Crippen LogP contribution is -2.11. The molecule has 0 bridgehead atoms. The van der Waals surface area contributed by atoms with E-state index in [1.807, 2.05) is 24.7 Å². The summed E-state index contributed by atoms with van der Waals surface area (Å²) in [6.45, 7) is 4.79. The van der Waals surface area contributed by atoms with Gasteiger partial charge in [0.15, 0.2) is 0 Å². The highest BCUT2D eigenvalue weighted by molar-refractivity contribution is 5.90. The molecule has 0 aliphatic carbocycles. The topological polar surface area (TPSA) is 72.9 Å². The van der Waals surface area contributed by atoms with Crippen LogP contribution in [0.2, 0.25) is 0 Å². The van der Waals surface area contributed by atoms with Crippen molar-refractivity contribution in [2.45, 2.75) is 45.6 Å². The van der Waals surface area contributed by atoms with Crippen LogP contribution in [-0.2, 0) is 4.79 Å². The molecular formula is C12H22N4O. The summed E-state index contributed by atoms with van der Waals surface area (Å²) in [6, 6.07) is 0.310. The van der Waals surface area contributed by atoms with Crippen LogP contribution in [0.25, 0.3) is 0 Å². The number of nitrogens with zero attached hydrogens (tertiary/aromatic N) is 2. The first-order valence-electron chi connectivity index (χ1n) is 6.17. The highest BCUT2D eigenvalue weighted by Gasteiger charge is 2.05. The van der Waals surface area contributed by atoms with E-state index in [1.54, 1.807) is 6.20 Å². The van der Waals surface area contributed by atoms with E-state index >= 15 is 0 Å². The molecule has 0 aliphatic heterocycles. The van der Waals surface area contributed by atoms with Crippen LogP contribution in [0, 0.1) is 0 Å². The minimum absolute atomic E-state index is 0.0466. The van der Waals surface area contributed by atoms with Gasteiger partial charge in [-0.2, -0.15) is 5.10 Å². The standard InChI is InChI=1S/C12H22N4O/c1-10(2)16-9-11(8-14-16)15-12(17)6-4-3-5-7-13/h8-10H,3-7,13H2,1-2H3,(H,15,17). The largest absolute Gasteiger partial charge is 0.330 e. The van der Waals surface area contributed by atoms with Gasteiger partial charge < -0.3 is 11.1 Å². The smallest absolute Gasteiger partial charge is 0.224 e. The molecule has 0 atom stereocenters. The predicted octanol–water partition coefficient (Wildman–Crippen LogP) is 1.92. The van der Waals surface area contributed by atoms with Crippen LogP contribution < -0.4 is 11.1 Å². The minimum atomic E-state index is 0.0466. The molecule has 1 rings (SSSR count). The van der Waals surface area contributed by atoms with Crippen LogP contribution in [0.4, 0.5) is 5.69 Å². The van der Waals surface area contributed by atoms with Gasteiger partial charge in [0.25, 0.3) is 0 Å². The van der Waals surface area contributed by atoms with Gasteiger partial charge >= 0.3 is 0 Å². The summed E-state index contributed by atoms with van der Waals surface area (Å²) in [4.78, 5) is 11.6. The van der Waals surface area contributed by atoms with E-state index in [1.165, 1.54) is 0 Å². The van der Waals surface area contributed by atoms with Gasteiger partial charge in [-0.1, -0.05) is 6.42 Å². The first-order valence-corrected chi connectivity index (χ1v) is 6.17. The van der Waals surface area contributed by atoms with Crippen LogP contribution in [-0.4, -0.2) is 22.2 Å². The van der Waals surface area contributed by atoms with Crippen molar-refractivity contribution in [3.8, 4) is 0 Å². The number of rotatable bonds is 7. The number of hydrogen-bond acceptors (Lipinski definition) is 3. The molecule has 1 amide bonds. The van der Waals surface area contributed by atoms with Crippen molar-refractivity contribution in [2.24, 2.45) is 5.73 Å².